The van der Waals surface area contributed by atoms with Gasteiger partial charge in [0.2, 0.25) is 0 Å². The molecule has 1 aromatic carbocycles. The van der Waals surface area contributed by atoms with Crippen LogP contribution >= 0.6 is 0 Å². The monoisotopic (exact) mass is 183 g/mol. The summed E-state index contributed by atoms with van der Waals surface area (Å²) < 4.78 is 0. The summed E-state index contributed by atoms with van der Waals surface area (Å²) >= 11 is 0. The lowest BCUT2D eigenvalue weighted by atomic mass is 10.2. The summed E-state index contributed by atoms with van der Waals surface area (Å²) in [5.74, 6) is -0.837. The van der Waals surface area contributed by atoms with Crippen molar-refractivity contribution in [2.45, 2.75) is 0 Å². The molecule has 0 heterocycles. The Balaban J connectivity index is 3.27. The van der Waals surface area contributed by atoms with Crippen LogP contribution < -0.4 is 0 Å². The van der Waals surface area contributed by atoms with Crippen LogP contribution in [0.5, 0.6) is 5.75 Å². The van der Waals surface area contributed by atoms with Crippen LogP contribution in [0, 0.1) is 20.2 Å². The summed E-state index contributed by atoms with van der Waals surface area (Å²) in [6, 6.07) is 2.37. The molecule has 1 radical (unpaired) electrons. The second-order valence-corrected chi connectivity index (χ2v) is 2.17. The number of hydrogen-bond acceptors (Lipinski definition) is 4. The van der Waals surface area contributed by atoms with Crippen molar-refractivity contribution in [2.24, 2.45) is 0 Å². The van der Waals surface area contributed by atoms with Crippen LogP contribution in [0.25, 0.3) is 0 Å². The van der Waals surface area contributed by atoms with E-state index in [4.69, 9.17) is 0 Å². The van der Waals surface area contributed by atoms with Gasteiger partial charge in [0, 0.05) is 6.07 Å². The van der Waals surface area contributed by atoms with E-state index in [1.165, 1.54) is 0 Å². The van der Waals surface area contributed by atoms with Crippen molar-refractivity contribution in [1.29, 1.82) is 0 Å². The summed E-state index contributed by atoms with van der Waals surface area (Å²) in [7, 11) is 0. The number of nitrogens with zero attached hydrogens (tertiary/aromatic N) is 2. The smallest absolute Gasteiger partial charge is 0.282 e. The van der Waals surface area contributed by atoms with E-state index in [0.29, 0.717) is 6.07 Å². The summed E-state index contributed by atoms with van der Waals surface area (Å²) in [5, 5.41) is 31.1. The molecule has 7 nitrogen and oxygen atoms in total. The second-order valence-electron chi connectivity index (χ2n) is 2.17. The fraction of sp³-hybridized carbons (Fsp3) is 0. The molecule has 0 saturated carbocycles. The molecule has 13 heavy (non-hydrogen) atoms. The molecular weight excluding hydrogens is 180 g/mol. The molecule has 0 aliphatic carbocycles. The van der Waals surface area contributed by atoms with Gasteiger partial charge in [-0.05, 0) is 6.07 Å². The number of hydrogen-bond donors (Lipinski definition) is 0. The van der Waals surface area contributed by atoms with Crippen LogP contribution in [0.3, 0.4) is 0 Å². The van der Waals surface area contributed by atoms with Crippen LogP contribution in [0.4, 0.5) is 11.4 Å². The molecule has 0 aliphatic rings. The lowest BCUT2D eigenvalue weighted by molar-refractivity contribution is -0.395. The molecule has 1 rings (SSSR count). The van der Waals surface area contributed by atoms with Crippen LogP contribution in [0.2, 0.25) is 0 Å². The van der Waals surface area contributed by atoms with Crippen molar-refractivity contribution in [2.75, 3.05) is 0 Å². The molecule has 1 aromatic rings. The first-order valence-corrected chi connectivity index (χ1v) is 3.12. The molecule has 0 spiro atoms. The van der Waals surface area contributed by atoms with Gasteiger partial charge in [0.1, 0.15) is 0 Å². The van der Waals surface area contributed by atoms with Gasteiger partial charge in [0.25, 0.3) is 11.4 Å². The summed E-state index contributed by atoms with van der Waals surface area (Å²) in [6.45, 7) is 0. The van der Waals surface area contributed by atoms with Gasteiger partial charge >= 0.3 is 5.69 Å². The molecule has 0 amide bonds. The number of nitro groups is 2. The molecule has 0 aliphatic heterocycles. The largest absolute Gasteiger partial charge is 0.323 e. The number of benzene rings is 1. The number of rotatable bonds is 2. The molecule has 0 aromatic heterocycles. The van der Waals surface area contributed by atoms with Gasteiger partial charge in [-0.3, -0.25) is 25.3 Å². The lowest BCUT2D eigenvalue weighted by Gasteiger charge is -1.92. The minimum Gasteiger partial charge on any atom is -0.282 e. The highest BCUT2D eigenvalue weighted by Gasteiger charge is 2.19. The van der Waals surface area contributed by atoms with Crippen molar-refractivity contribution in [3.8, 4) is 5.75 Å². The van der Waals surface area contributed by atoms with Gasteiger partial charge in [-0.1, -0.05) is 0 Å². The highest BCUT2D eigenvalue weighted by molar-refractivity contribution is 5.52. The first-order valence-electron chi connectivity index (χ1n) is 3.12. The average molecular weight is 183 g/mol. The zero-order valence-electron chi connectivity index (χ0n) is 6.17. The van der Waals surface area contributed by atoms with Gasteiger partial charge in [-0.2, -0.15) is 0 Å². The Hall–Kier alpha value is -2.18. The van der Waals surface area contributed by atoms with E-state index in [9.17, 15) is 25.3 Å². The molecule has 0 N–H and O–H groups in total. The van der Waals surface area contributed by atoms with Crippen molar-refractivity contribution >= 4 is 11.4 Å². The number of nitro benzene ring substituents is 2. The van der Waals surface area contributed by atoms with E-state index < -0.39 is 27.0 Å². The Morgan fingerprint density at radius 2 is 1.69 bits per heavy atom. The Labute approximate surface area is 71.5 Å². The fourth-order valence-corrected chi connectivity index (χ4v) is 0.762. The third-order valence-electron chi connectivity index (χ3n) is 1.35. The molecule has 0 unspecified atom stereocenters. The zero-order chi connectivity index (χ0) is 10.0. The second kappa shape index (κ2) is 3.05. The molecule has 0 fully saturated rings. The van der Waals surface area contributed by atoms with Crippen molar-refractivity contribution < 1.29 is 15.0 Å². The maximum Gasteiger partial charge on any atom is 0.323 e. The fourth-order valence-electron chi connectivity index (χ4n) is 0.762. The van der Waals surface area contributed by atoms with Gasteiger partial charge in [0.05, 0.1) is 15.9 Å². The van der Waals surface area contributed by atoms with Crippen molar-refractivity contribution in [3.63, 3.8) is 0 Å². The predicted octanol–water partition coefficient (Wildman–Crippen LogP) is 1.65. The van der Waals surface area contributed by atoms with Gasteiger partial charge in [-0.15, -0.1) is 0 Å². The SMILES string of the molecule is [O]c1ccc([N+](=O)[O-])cc1[N+](=O)[O-]. The third-order valence-corrected chi connectivity index (χ3v) is 1.35. The van der Waals surface area contributed by atoms with Crippen LogP contribution in [-0.4, -0.2) is 9.85 Å². The standard InChI is InChI=1S/C6H3N2O5/c9-6-2-1-4(7(10)11)3-5(6)8(12)13/h1-3H. The van der Waals surface area contributed by atoms with Crippen LogP contribution in [0.15, 0.2) is 18.2 Å². The molecule has 67 valence electrons. The highest BCUT2D eigenvalue weighted by atomic mass is 16.6. The first kappa shape index (κ1) is 8.91. The normalized spacial score (nSPS) is 9.54. The number of non-ortho nitro benzene ring substituents is 1. The van der Waals surface area contributed by atoms with E-state index in [1.807, 2.05) is 0 Å². The first-order chi connectivity index (χ1) is 6.02. The molecule has 0 saturated heterocycles. The van der Waals surface area contributed by atoms with Crippen LogP contribution in [0.1, 0.15) is 0 Å². The maximum absolute atomic E-state index is 10.8. The van der Waals surface area contributed by atoms with Crippen molar-refractivity contribution in [1.82, 2.24) is 0 Å². The van der Waals surface area contributed by atoms with E-state index in [-0.39, 0.29) is 0 Å². The van der Waals surface area contributed by atoms with Gasteiger partial charge < -0.3 is 0 Å². The maximum atomic E-state index is 10.8. The third kappa shape index (κ3) is 1.70. The quantitative estimate of drug-likeness (QED) is 0.513. The lowest BCUT2D eigenvalue weighted by Crippen LogP contribution is -1.92. The van der Waals surface area contributed by atoms with E-state index in [1.54, 1.807) is 0 Å². The Morgan fingerprint density at radius 3 is 2.15 bits per heavy atom. The molecular formula is C6H3N2O5. The molecule has 0 bridgehead atoms. The molecule has 0 atom stereocenters. The highest BCUT2D eigenvalue weighted by Crippen LogP contribution is 2.29. The predicted molar refractivity (Wildman–Crippen MR) is 39.9 cm³/mol. The van der Waals surface area contributed by atoms with E-state index in [0.717, 1.165) is 12.1 Å². The zero-order valence-corrected chi connectivity index (χ0v) is 6.17. The van der Waals surface area contributed by atoms with Gasteiger partial charge in [-0.25, -0.2) is 0 Å². The topological polar surface area (TPSA) is 106 Å². The Bertz CT molecular complexity index is 375. The Morgan fingerprint density at radius 1 is 1.08 bits per heavy atom. The van der Waals surface area contributed by atoms with E-state index in [2.05, 4.69) is 0 Å². The summed E-state index contributed by atoms with van der Waals surface area (Å²) in [4.78, 5) is 18.6. The van der Waals surface area contributed by atoms with Gasteiger partial charge in [0.15, 0.2) is 0 Å². The van der Waals surface area contributed by atoms with E-state index >= 15 is 0 Å². The summed E-state index contributed by atoms with van der Waals surface area (Å²) in [5.41, 5.74) is -1.25. The Kier molecular flexibility index (Phi) is 2.09. The van der Waals surface area contributed by atoms with Crippen LogP contribution in [-0.2, 0) is 5.11 Å². The minimum atomic E-state index is -0.949. The van der Waals surface area contributed by atoms with Crippen molar-refractivity contribution in [3.05, 3.63) is 38.4 Å². The molecule has 7 heteroatoms. The summed E-state index contributed by atoms with van der Waals surface area (Å²) in [6.07, 6.45) is 0. The average Bonchev–Trinajstić information content (AvgIpc) is 2.04. The minimum absolute atomic E-state index is 0.466.